The van der Waals surface area contributed by atoms with Crippen molar-refractivity contribution in [3.63, 3.8) is 0 Å². The number of aromatic nitrogens is 3. The van der Waals surface area contributed by atoms with Crippen molar-refractivity contribution < 1.29 is 4.74 Å². The van der Waals surface area contributed by atoms with Crippen molar-refractivity contribution in [2.24, 2.45) is 0 Å². The molecule has 0 radical (unpaired) electrons. The Hall–Kier alpha value is -1.84. The van der Waals surface area contributed by atoms with Crippen LogP contribution in [0.1, 0.15) is 37.7 Å². The van der Waals surface area contributed by atoms with E-state index in [9.17, 15) is 0 Å². The van der Waals surface area contributed by atoms with E-state index in [1.54, 1.807) is 0 Å². The third kappa shape index (κ3) is 1.60. The Balaban J connectivity index is 2.14. The normalized spacial score (nSPS) is 13.8. The zero-order chi connectivity index (χ0) is 12.9. The molecule has 0 aliphatic carbocycles. The summed E-state index contributed by atoms with van der Waals surface area (Å²) in [7, 11) is 0. The predicted octanol–water partition coefficient (Wildman–Crippen LogP) is 2.77. The first-order valence-electron chi connectivity index (χ1n) is 6.13. The Labute approximate surface area is 107 Å². The summed E-state index contributed by atoms with van der Waals surface area (Å²) in [6, 6.07) is 2.08. The zero-order valence-electron chi connectivity index (χ0n) is 11.2. The molecule has 1 aliphatic heterocycles. The largest absolute Gasteiger partial charge is 0.483 e. The minimum absolute atomic E-state index is 0.0799. The summed E-state index contributed by atoms with van der Waals surface area (Å²) in [5.74, 6) is 1.68. The molecule has 1 aliphatic rings. The van der Waals surface area contributed by atoms with E-state index in [1.807, 2.05) is 24.0 Å². The average Bonchev–Trinajstić information content (AvgIpc) is 2.69. The molecule has 0 aromatic carbocycles. The molecule has 18 heavy (non-hydrogen) atoms. The molecule has 4 heteroatoms. The van der Waals surface area contributed by atoms with Crippen LogP contribution in [0.2, 0.25) is 0 Å². The van der Waals surface area contributed by atoms with Gasteiger partial charge in [-0.15, -0.1) is 0 Å². The first-order chi connectivity index (χ1) is 8.47. The van der Waals surface area contributed by atoms with Crippen LogP contribution in [0.25, 0.3) is 5.82 Å². The maximum atomic E-state index is 5.80. The highest BCUT2D eigenvalue weighted by molar-refractivity contribution is 5.47. The molecule has 0 N–H and O–H groups in total. The molecule has 4 nitrogen and oxygen atoms in total. The number of rotatable bonds is 0. The number of nitrogens with zero attached hydrogens (tertiary/aromatic N) is 3. The molecule has 0 saturated heterocycles. The van der Waals surface area contributed by atoms with E-state index in [2.05, 4.69) is 36.8 Å². The lowest BCUT2D eigenvalue weighted by atomic mass is 9.88. The molecule has 94 valence electrons. The molecule has 3 heterocycles. The van der Waals surface area contributed by atoms with Crippen LogP contribution in [-0.2, 0) is 12.0 Å². The number of hydrogen-bond acceptors (Lipinski definition) is 3. The van der Waals surface area contributed by atoms with Gasteiger partial charge >= 0.3 is 0 Å². The monoisotopic (exact) mass is 243 g/mol. The van der Waals surface area contributed by atoms with Gasteiger partial charge in [0.1, 0.15) is 12.9 Å². The van der Waals surface area contributed by atoms with Gasteiger partial charge in [-0.1, -0.05) is 20.8 Å². The second-order valence-corrected chi connectivity index (χ2v) is 5.73. The smallest absolute Gasteiger partial charge is 0.181 e. The first kappa shape index (κ1) is 11.3. The summed E-state index contributed by atoms with van der Waals surface area (Å²) in [5.41, 5.74) is 3.35. The Bertz CT molecular complexity index is 608. The maximum absolute atomic E-state index is 5.80. The van der Waals surface area contributed by atoms with Crippen LogP contribution in [0.3, 0.4) is 0 Å². The molecule has 2 aromatic rings. The highest BCUT2D eigenvalue weighted by atomic mass is 16.5. The van der Waals surface area contributed by atoms with Gasteiger partial charge in [0.05, 0.1) is 11.4 Å². The maximum Gasteiger partial charge on any atom is 0.181 e. The van der Waals surface area contributed by atoms with Crippen LogP contribution in [0, 0.1) is 6.92 Å². The van der Waals surface area contributed by atoms with Gasteiger partial charge in [-0.05, 0) is 24.0 Å². The first-order valence-corrected chi connectivity index (χ1v) is 6.13. The second-order valence-electron chi connectivity index (χ2n) is 5.73. The Morgan fingerprint density at radius 1 is 1.28 bits per heavy atom. The van der Waals surface area contributed by atoms with E-state index >= 15 is 0 Å². The lowest BCUT2D eigenvalue weighted by Gasteiger charge is -2.23. The van der Waals surface area contributed by atoms with Crippen LogP contribution in [0.15, 0.2) is 18.6 Å². The van der Waals surface area contributed by atoms with Gasteiger partial charge in [0, 0.05) is 6.20 Å². The summed E-state index contributed by atoms with van der Waals surface area (Å²) < 4.78 is 7.82. The molecular formula is C14H17N3O. The summed E-state index contributed by atoms with van der Waals surface area (Å²) >= 11 is 0. The van der Waals surface area contributed by atoms with Crippen molar-refractivity contribution >= 4 is 0 Å². The van der Waals surface area contributed by atoms with E-state index < -0.39 is 0 Å². The molecule has 0 saturated carbocycles. The summed E-state index contributed by atoms with van der Waals surface area (Å²) in [5, 5.41) is 0. The highest BCUT2D eigenvalue weighted by Crippen LogP contribution is 2.33. The van der Waals surface area contributed by atoms with Gasteiger partial charge in [-0.25, -0.2) is 9.97 Å². The van der Waals surface area contributed by atoms with E-state index in [0.29, 0.717) is 6.61 Å². The number of pyridine rings is 1. The summed E-state index contributed by atoms with van der Waals surface area (Å²) in [4.78, 5) is 8.85. The number of aryl methyl sites for hydroxylation is 1. The van der Waals surface area contributed by atoms with Gasteiger partial charge in [0.15, 0.2) is 11.6 Å². The van der Waals surface area contributed by atoms with Crippen molar-refractivity contribution in [3.8, 4) is 11.6 Å². The quantitative estimate of drug-likeness (QED) is 0.714. The van der Waals surface area contributed by atoms with Crippen LogP contribution < -0.4 is 4.74 Å². The highest BCUT2D eigenvalue weighted by Gasteiger charge is 2.23. The molecule has 0 bridgehead atoms. The van der Waals surface area contributed by atoms with E-state index in [-0.39, 0.29) is 5.41 Å². The SMILES string of the molecule is Cc1ncn2c1COc1cc(C(C)(C)C)cnc1-2. The molecule has 0 atom stereocenters. The number of hydrogen-bond donors (Lipinski definition) is 0. The third-order valence-electron chi connectivity index (χ3n) is 3.37. The fourth-order valence-electron chi connectivity index (χ4n) is 2.10. The van der Waals surface area contributed by atoms with Gasteiger partial charge in [-0.2, -0.15) is 0 Å². The van der Waals surface area contributed by atoms with E-state index in [4.69, 9.17) is 4.74 Å². The van der Waals surface area contributed by atoms with Crippen LogP contribution in [0.4, 0.5) is 0 Å². The van der Waals surface area contributed by atoms with E-state index in [0.717, 1.165) is 23.0 Å². The Morgan fingerprint density at radius 3 is 2.78 bits per heavy atom. The van der Waals surface area contributed by atoms with Gasteiger partial charge in [-0.3, -0.25) is 4.57 Å². The average molecular weight is 243 g/mol. The molecule has 0 amide bonds. The van der Waals surface area contributed by atoms with Crippen molar-refractivity contribution in [1.82, 2.24) is 14.5 Å². The molecule has 0 fully saturated rings. The van der Waals surface area contributed by atoms with Crippen molar-refractivity contribution in [2.75, 3.05) is 0 Å². The Kier molecular flexibility index (Phi) is 2.24. The minimum atomic E-state index is 0.0799. The second kappa shape index (κ2) is 3.57. The van der Waals surface area contributed by atoms with Crippen molar-refractivity contribution in [1.29, 1.82) is 0 Å². The van der Waals surface area contributed by atoms with Crippen molar-refractivity contribution in [3.05, 3.63) is 35.5 Å². The molecule has 3 rings (SSSR count). The molecule has 0 unspecified atom stereocenters. The molecular weight excluding hydrogens is 226 g/mol. The lowest BCUT2D eigenvalue weighted by molar-refractivity contribution is 0.281. The molecule has 0 spiro atoms. The number of fused-ring (bicyclic) bond motifs is 3. The fraction of sp³-hybridized carbons (Fsp3) is 0.429. The minimum Gasteiger partial charge on any atom is -0.483 e. The van der Waals surface area contributed by atoms with Crippen LogP contribution in [-0.4, -0.2) is 14.5 Å². The lowest BCUT2D eigenvalue weighted by Crippen LogP contribution is -2.17. The third-order valence-corrected chi connectivity index (χ3v) is 3.37. The van der Waals surface area contributed by atoms with Gasteiger partial charge < -0.3 is 4.74 Å². The number of imidazole rings is 1. The molecule has 2 aromatic heterocycles. The van der Waals surface area contributed by atoms with Crippen LogP contribution in [0.5, 0.6) is 5.75 Å². The van der Waals surface area contributed by atoms with Crippen LogP contribution >= 0.6 is 0 Å². The zero-order valence-corrected chi connectivity index (χ0v) is 11.2. The standard InChI is InChI=1S/C14H17N3O/c1-9-11-7-18-12-5-10(14(2,3)4)6-15-13(12)17(11)8-16-9/h5-6,8H,7H2,1-4H3. The van der Waals surface area contributed by atoms with E-state index in [1.165, 1.54) is 5.56 Å². The van der Waals surface area contributed by atoms with Gasteiger partial charge in [0.25, 0.3) is 0 Å². The predicted molar refractivity (Wildman–Crippen MR) is 69.1 cm³/mol. The Morgan fingerprint density at radius 2 is 2.06 bits per heavy atom. The van der Waals surface area contributed by atoms with Crippen molar-refractivity contribution in [2.45, 2.75) is 39.7 Å². The fourth-order valence-corrected chi connectivity index (χ4v) is 2.10. The number of ether oxygens (including phenoxy) is 1. The van der Waals surface area contributed by atoms with Gasteiger partial charge in [0.2, 0.25) is 0 Å². The summed E-state index contributed by atoms with van der Waals surface area (Å²) in [6.07, 6.45) is 3.74. The topological polar surface area (TPSA) is 39.9 Å². The summed E-state index contributed by atoms with van der Waals surface area (Å²) in [6.45, 7) is 9.07.